The topological polar surface area (TPSA) is 43.1 Å². The molecule has 3 heteroatoms. The Hall–Kier alpha value is -1.61. The lowest BCUT2D eigenvalue weighted by atomic mass is 9.97. The molecule has 0 aliphatic rings. The van der Waals surface area contributed by atoms with Crippen molar-refractivity contribution in [1.29, 1.82) is 0 Å². The van der Waals surface area contributed by atoms with Crippen molar-refractivity contribution < 1.29 is 4.79 Å². The molecule has 2 rings (SSSR count). The summed E-state index contributed by atoms with van der Waals surface area (Å²) >= 11 is 3.49. The fraction of sp³-hybridized carbons (Fsp3) is 0.235. The second-order valence-electron chi connectivity index (χ2n) is 4.96. The second-order valence-corrected chi connectivity index (χ2v) is 5.88. The number of benzene rings is 2. The number of hydrogen-bond acceptors (Lipinski definition) is 1. The molecule has 20 heavy (non-hydrogen) atoms. The lowest BCUT2D eigenvalue weighted by molar-refractivity contribution is -0.117. The predicted molar refractivity (Wildman–Crippen MR) is 85.7 cm³/mol. The molecule has 0 aliphatic carbocycles. The summed E-state index contributed by atoms with van der Waals surface area (Å²) in [4.78, 5) is 11.1. The highest BCUT2D eigenvalue weighted by Gasteiger charge is 2.05. The Morgan fingerprint density at radius 1 is 1.05 bits per heavy atom. The predicted octanol–water partition coefficient (Wildman–Crippen LogP) is 3.63. The molecule has 0 atom stereocenters. The average molecular weight is 332 g/mol. The van der Waals surface area contributed by atoms with Gasteiger partial charge in [0.25, 0.3) is 0 Å². The van der Waals surface area contributed by atoms with E-state index in [1.54, 1.807) is 0 Å². The van der Waals surface area contributed by atoms with Crippen LogP contribution in [0.15, 0.2) is 46.9 Å². The number of aryl methyl sites for hydroxylation is 1. The van der Waals surface area contributed by atoms with Crippen LogP contribution in [-0.2, 0) is 24.1 Å². The smallest absolute Gasteiger partial charge is 0.221 e. The van der Waals surface area contributed by atoms with Crippen molar-refractivity contribution in [3.63, 3.8) is 0 Å². The minimum absolute atomic E-state index is 0.286. The van der Waals surface area contributed by atoms with E-state index in [2.05, 4.69) is 53.2 Å². The standard InChI is InChI=1S/C17H18BrNO/c1-2-12-6-14(9-15(7-12)11-17(19)20)8-13-4-3-5-16(18)10-13/h3-7,9-10H,2,8,11H2,1H3,(H2,19,20). The number of carbonyl (C=O) groups excluding carboxylic acids is 1. The summed E-state index contributed by atoms with van der Waals surface area (Å²) in [6, 6.07) is 14.6. The molecule has 0 unspecified atom stereocenters. The Morgan fingerprint density at radius 2 is 1.75 bits per heavy atom. The number of nitrogens with two attached hydrogens (primary N) is 1. The number of amides is 1. The van der Waals surface area contributed by atoms with Crippen LogP contribution < -0.4 is 5.73 Å². The summed E-state index contributed by atoms with van der Waals surface area (Å²) in [6.45, 7) is 2.12. The normalized spacial score (nSPS) is 10.5. The van der Waals surface area contributed by atoms with E-state index in [9.17, 15) is 4.79 Å². The third-order valence-electron chi connectivity index (χ3n) is 3.20. The van der Waals surface area contributed by atoms with E-state index >= 15 is 0 Å². The van der Waals surface area contributed by atoms with E-state index in [0.29, 0.717) is 6.42 Å². The highest BCUT2D eigenvalue weighted by molar-refractivity contribution is 9.10. The minimum atomic E-state index is -0.286. The summed E-state index contributed by atoms with van der Waals surface area (Å²) in [5, 5.41) is 0. The fourth-order valence-electron chi connectivity index (χ4n) is 2.33. The lowest BCUT2D eigenvalue weighted by Crippen LogP contribution is -2.14. The Morgan fingerprint density at radius 3 is 2.40 bits per heavy atom. The van der Waals surface area contributed by atoms with Crippen molar-refractivity contribution in [3.8, 4) is 0 Å². The maximum absolute atomic E-state index is 11.1. The number of rotatable bonds is 5. The summed E-state index contributed by atoms with van der Waals surface area (Å²) in [7, 11) is 0. The average Bonchev–Trinajstić information content (AvgIpc) is 2.37. The molecular formula is C17H18BrNO. The molecule has 0 saturated heterocycles. The SMILES string of the molecule is CCc1cc(CC(N)=O)cc(Cc2cccc(Br)c2)c1. The quantitative estimate of drug-likeness (QED) is 0.893. The van der Waals surface area contributed by atoms with Crippen molar-refractivity contribution >= 4 is 21.8 Å². The van der Waals surface area contributed by atoms with Gasteiger partial charge in [-0.05, 0) is 47.2 Å². The van der Waals surface area contributed by atoms with Gasteiger partial charge in [-0.3, -0.25) is 4.79 Å². The van der Waals surface area contributed by atoms with Crippen LogP contribution in [0.4, 0.5) is 0 Å². The van der Waals surface area contributed by atoms with E-state index in [-0.39, 0.29) is 5.91 Å². The molecule has 0 bridgehead atoms. The summed E-state index contributed by atoms with van der Waals surface area (Å²) < 4.78 is 1.08. The molecule has 0 aliphatic heterocycles. The summed E-state index contributed by atoms with van der Waals surface area (Å²) in [5.41, 5.74) is 10.0. The van der Waals surface area contributed by atoms with Crippen LogP contribution in [0, 0.1) is 0 Å². The molecule has 0 spiro atoms. The Balaban J connectivity index is 2.28. The van der Waals surface area contributed by atoms with Crippen LogP contribution in [0.5, 0.6) is 0 Å². The first-order valence-corrected chi connectivity index (χ1v) is 7.50. The molecular weight excluding hydrogens is 314 g/mol. The molecule has 0 aromatic heterocycles. The van der Waals surface area contributed by atoms with Crippen LogP contribution in [0.25, 0.3) is 0 Å². The lowest BCUT2D eigenvalue weighted by Gasteiger charge is -2.08. The highest BCUT2D eigenvalue weighted by Crippen LogP contribution is 2.18. The van der Waals surface area contributed by atoms with E-state index in [4.69, 9.17) is 5.73 Å². The third-order valence-corrected chi connectivity index (χ3v) is 3.69. The van der Waals surface area contributed by atoms with Gasteiger partial charge in [-0.1, -0.05) is 53.2 Å². The van der Waals surface area contributed by atoms with Crippen LogP contribution in [0.1, 0.15) is 29.2 Å². The molecule has 2 N–H and O–H groups in total. The molecule has 0 fully saturated rings. The van der Waals surface area contributed by atoms with Gasteiger partial charge in [0, 0.05) is 4.47 Å². The van der Waals surface area contributed by atoms with Crippen molar-refractivity contribution in [1.82, 2.24) is 0 Å². The van der Waals surface area contributed by atoms with Gasteiger partial charge >= 0.3 is 0 Å². The van der Waals surface area contributed by atoms with E-state index < -0.39 is 0 Å². The van der Waals surface area contributed by atoms with E-state index in [1.165, 1.54) is 16.7 Å². The Kier molecular flexibility index (Phi) is 4.96. The van der Waals surface area contributed by atoms with Crippen LogP contribution in [0.2, 0.25) is 0 Å². The van der Waals surface area contributed by atoms with Crippen LogP contribution in [0.3, 0.4) is 0 Å². The maximum Gasteiger partial charge on any atom is 0.221 e. The largest absolute Gasteiger partial charge is 0.369 e. The Bertz CT molecular complexity index is 622. The van der Waals surface area contributed by atoms with Gasteiger partial charge in [-0.2, -0.15) is 0 Å². The molecule has 2 aromatic rings. The fourth-order valence-corrected chi connectivity index (χ4v) is 2.78. The Labute approximate surface area is 128 Å². The van der Waals surface area contributed by atoms with Crippen LogP contribution in [-0.4, -0.2) is 5.91 Å². The van der Waals surface area contributed by atoms with Gasteiger partial charge in [0.15, 0.2) is 0 Å². The molecule has 0 saturated carbocycles. The van der Waals surface area contributed by atoms with Crippen molar-refractivity contribution in [2.45, 2.75) is 26.2 Å². The van der Waals surface area contributed by atoms with Gasteiger partial charge in [-0.25, -0.2) is 0 Å². The van der Waals surface area contributed by atoms with Crippen molar-refractivity contribution in [2.75, 3.05) is 0 Å². The van der Waals surface area contributed by atoms with Crippen molar-refractivity contribution in [3.05, 3.63) is 69.2 Å². The zero-order chi connectivity index (χ0) is 14.5. The number of carbonyl (C=O) groups is 1. The summed E-state index contributed by atoms with van der Waals surface area (Å²) in [5.74, 6) is -0.286. The molecule has 1 amide bonds. The maximum atomic E-state index is 11.1. The van der Waals surface area contributed by atoms with Crippen molar-refractivity contribution in [2.24, 2.45) is 5.73 Å². The van der Waals surface area contributed by atoms with Crippen LogP contribution >= 0.6 is 15.9 Å². The zero-order valence-electron chi connectivity index (χ0n) is 11.5. The monoisotopic (exact) mass is 331 g/mol. The number of primary amides is 1. The molecule has 104 valence electrons. The number of halogens is 1. The first-order valence-electron chi connectivity index (χ1n) is 6.71. The molecule has 2 nitrogen and oxygen atoms in total. The van der Waals surface area contributed by atoms with E-state index in [0.717, 1.165) is 22.9 Å². The highest BCUT2D eigenvalue weighted by atomic mass is 79.9. The molecule has 0 radical (unpaired) electrons. The summed E-state index contributed by atoms with van der Waals surface area (Å²) in [6.07, 6.45) is 2.12. The third kappa shape index (κ3) is 4.20. The molecule has 0 heterocycles. The van der Waals surface area contributed by atoms with Gasteiger partial charge in [0.05, 0.1) is 6.42 Å². The first-order chi connectivity index (χ1) is 9.56. The number of hydrogen-bond donors (Lipinski definition) is 1. The van der Waals surface area contributed by atoms with Gasteiger partial charge in [0.1, 0.15) is 0 Å². The van der Waals surface area contributed by atoms with E-state index in [1.807, 2.05) is 12.1 Å². The minimum Gasteiger partial charge on any atom is -0.369 e. The van der Waals surface area contributed by atoms with Gasteiger partial charge in [0.2, 0.25) is 5.91 Å². The zero-order valence-corrected chi connectivity index (χ0v) is 13.1. The molecule has 2 aromatic carbocycles. The van der Waals surface area contributed by atoms with Gasteiger partial charge < -0.3 is 5.73 Å². The van der Waals surface area contributed by atoms with Gasteiger partial charge in [-0.15, -0.1) is 0 Å². The first kappa shape index (κ1) is 14.8. The second kappa shape index (κ2) is 6.71.